The van der Waals surface area contributed by atoms with Crippen LogP contribution in [0.15, 0.2) is 16.4 Å². The van der Waals surface area contributed by atoms with E-state index in [0.29, 0.717) is 12.0 Å². The first-order chi connectivity index (χ1) is 9.13. The topological polar surface area (TPSA) is 77.1 Å². The molecular weight excluding hydrogens is 246 g/mol. The van der Waals surface area contributed by atoms with Gasteiger partial charge in [-0.1, -0.05) is 19.4 Å². The molecule has 0 unspecified atom stereocenters. The van der Waals surface area contributed by atoms with Gasteiger partial charge in [0, 0.05) is 18.5 Å². The number of rotatable bonds is 4. The predicted octanol–water partition coefficient (Wildman–Crippen LogP) is 1.19. The van der Waals surface area contributed by atoms with Crippen molar-refractivity contribution in [1.29, 1.82) is 0 Å². The van der Waals surface area contributed by atoms with E-state index < -0.39 is 5.97 Å². The molecule has 0 aliphatic carbocycles. The molecule has 0 aromatic carbocycles. The molecule has 0 radical (unpaired) electrons. The summed E-state index contributed by atoms with van der Waals surface area (Å²) >= 11 is 0. The van der Waals surface area contributed by atoms with Crippen molar-refractivity contribution in [2.24, 2.45) is 0 Å². The molecule has 6 heteroatoms. The number of carboxylic acids is 1. The van der Waals surface area contributed by atoms with Gasteiger partial charge in [0.05, 0.1) is 6.54 Å². The first kappa shape index (κ1) is 13.6. The molecule has 1 aromatic rings. The summed E-state index contributed by atoms with van der Waals surface area (Å²) in [6.45, 7) is 2.73. The minimum atomic E-state index is -0.934. The van der Waals surface area contributed by atoms with Gasteiger partial charge in [-0.05, 0) is 19.3 Å². The van der Waals surface area contributed by atoms with E-state index in [0.717, 1.165) is 38.1 Å². The Morgan fingerprint density at radius 1 is 1.42 bits per heavy atom. The van der Waals surface area contributed by atoms with Crippen molar-refractivity contribution in [2.75, 3.05) is 0 Å². The Morgan fingerprint density at radius 2 is 2.21 bits per heavy atom. The minimum Gasteiger partial charge on any atom is -0.478 e. The monoisotopic (exact) mass is 265 g/mol. The van der Waals surface area contributed by atoms with Crippen LogP contribution in [-0.2, 0) is 24.3 Å². The van der Waals surface area contributed by atoms with E-state index in [-0.39, 0.29) is 12.2 Å². The first-order valence-corrected chi connectivity index (χ1v) is 6.72. The summed E-state index contributed by atoms with van der Waals surface area (Å²) in [4.78, 5) is 23.0. The van der Waals surface area contributed by atoms with Gasteiger partial charge in [-0.3, -0.25) is 4.57 Å². The Bertz CT molecular complexity index is 554. The van der Waals surface area contributed by atoms with Crippen LogP contribution in [0, 0.1) is 0 Å². The van der Waals surface area contributed by atoms with Crippen molar-refractivity contribution in [3.05, 3.63) is 28.0 Å². The van der Waals surface area contributed by atoms with Gasteiger partial charge in [-0.15, -0.1) is 0 Å². The van der Waals surface area contributed by atoms with Gasteiger partial charge in [-0.2, -0.15) is 5.10 Å². The third kappa shape index (κ3) is 2.94. The fourth-order valence-corrected chi connectivity index (χ4v) is 2.32. The molecule has 0 spiro atoms. The maximum absolute atomic E-state index is 12.1. The summed E-state index contributed by atoms with van der Waals surface area (Å²) in [5.74, 6) is -0.111. The summed E-state index contributed by atoms with van der Waals surface area (Å²) in [6, 6.07) is 0. The number of fused-ring (bicyclic) bond motifs is 1. The summed E-state index contributed by atoms with van der Waals surface area (Å²) in [5, 5.41) is 13.2. The standard InChI is InChI=1S/C13H19N3O3/c1-2-10(12(17)18)7-9-16-13(19)15-8-5-3-4-6-11(15)14-16/h7H,2-6,8-9H2,1H3,(H,17,18). The lowest BCUT2D eigenvalue weighted by molar-refractivity contribution is -0.132. The molecule has 0 bridgehead atoms. The Kier molecular flexibility index (Phi) is 4.19. The molecule has 19 heavy (non-hydrogen) atoms. The second-order valence-corrected chi connectivity index (χ2v) is 4.73. The third-order valence-electron chi connectivity index (χ3n) is 3.45. The number of allylic oxidation sites excluding steroid dienone is 1. The zero-order chi connectivity index (χ0) is 13.8. The van der Waals surface area contributed by atoms with E-state index >= 15 is 0 Å². The van der Waals surface area contributed by atoms with Crippen LogP contribution in [0.4, 0.5) is 0 Å². The van der Waals surface area contributed by atoms with Crippen molar-refractivity contribution in [2.45, 2.75) is 52.1 Å². The highest BCUT2D eigenvalue weighted by Gasteiger charge is 2.15. The Labute approximate surface area is 111 Å². The SMILES string of the molecule is CCC(=CCn1nc2n(c1=O)CCCCC2)C(=O)O. The van der Waals surface area contributed by atoms with Crippen molar-refractivity contribution in [1.82, 2.24) is 14.3 Å². The number of aliphatic carboxylic acids is 1. The first-order valence-electron chi connectivity index (χ1n) is 6.72. The van der Waals surface area contributed by atoms with E-state index in [1.165, 1.54) is 4.68 Å². The van der Waals surface area contributed by atoms with E-state index in [2.05, 4.69) is 5.10 Å². The lowest BCUT2D eigenvalue weighted by Crippen LogP contribution is -2.25. The molecule has 2 rings (SSSR count). The second-order valence-electron chi connectivity index (χ2n) is 4.73. The number of aryl methyl sites for hydroxylation is 1. The maximum Gasteiger partial charge on any atom is 0.346 e. The smallest absolute Gasteiger partial charge is 0.346 e. The van der Waals surface area contributed by atoms with Crippen LogP contribution in [0.3, 0.4) is 0 Å². The lowest BCUT2D eigenvalue weighted by Gasteiger charge is -1.99. The summed E-state index contributed by atoms with van der Waals surface area (Å²) in [7, 11) is 0. The van der Waals surface area contributed by atoms with Gasteiger partial charge in [0.1, 0.15) is 5.82 Å². The molecule has 0 amide bonds. The molecule has 1 aliphatic heterocycles. The van der Waals surface area contributed by atoms with E-state index in [4.69, 9.17) is 5.11 Å². The molecule has 6 nitrogen and oxygen atoms in total. The van der Waals surface area contributed by atoms with Gasteiger partial charge in [0.15, 0.2) is 0 Å². The highest BCUT2D eigenvalue weighted by atomic mass is 16.4. The highest BCUT2D eigenvalue weighted by molar-refractivity contribution is 5.86. The van der Waals surface area contributed by atoms with Crippen molar-refractivity contribution < 1.29 is 9.90 Å². The summed E-state index contributed by atoms with van der Waals surface area (Å²) in [5.41, 5.74) is 0.184. The fourth-order valence-electron chi connectivity index (χ4n) is 2.32. The van der Waals surface area contributed by atoms with Crippen molar-refractivity contribution in [3.63, 3.8) is 0 Å². The van der Waals surface area contributed by atoms with Crippen LogP contribution >= 0.6 is 0 Å². The van der Waals surface area contributed by atoms with Gasteiger partial charge in [0.2, 0.25) is 0 Å². The Hall–Kier alpha value is -1.85. The molecule has 0 saturated heterocycles. The number of nitrogens with zero attached hydrogens (tertiary/aromatic N) is 3. The van der Waals surface area contributed by atoms with Crippen LogP contribution in [0.25, 0.3) is 0 Å². The summed E-state index contributed by atoms with van der Waals surface area (Å²) in [6.07, 6.45) is 6.02. The average Bonchev–Trinajstić information content (AvgIpc) is 2.56. The zero-order valence-electron chi connectivity index (χ0n) is 11.1. The predicted molar refractivity (Wildman–Crippen MR) is 70.1 cm³/mol. The average molecular weight is 265 g/mol. The van der Waals surface area contributed by atoms with Gasteiger partial charge in [-0.25, -0.2) is 14.3 Å². The Balaban J connectivity index is 2.23. The molecular formula is C13H19N3O3. The molecule has 1 N–H and O–H groups in total. The van der Waals surface area contributed by atoms with Crippen LogP contribution < -0.4 is 5.69 Å². The number of carbonyl (C=O) groups is 1. The number of hydrogen-bond donors (Lipinski definition) is 1. The van der Waals surface area contributed by atoms with E-state index in [1.54, 1.807) is 17.6 Å². The second kappa shape index (κ2) is 5.86. The third-order valence-corrected chi connectivity index (χ3v) is 3.45. The van der Waals surface area contributed by atoms with Crippen LogP contribution in [0.1, 0.15) is 38.4 Å². The van der Waals surface area contributed by atoms with Crippen LogP contribution in [-0.4, -0.2) is 25.4 Å². The van der Waals surface area contributed by atoms with Crippen LogP contribution in [0.2, 0.25) is 0 Å². The van der Waals surface area contributed by atoms with E-state index in [9.17, 15) is 9.59 Å². The number of carboxylic acid groups (broad SMARTS) is 1. The molecule has 1 aliphatic rings. The van der Waals surface area contributed by atoms with Crippen molar-refractivity contribution >= 4 is 5.97 Å². The zero-order valence-corrected chi connectivity index (χ0v) is 11.1. The largest absolute Gasteiger partial charge is 0.478 e. The van der Waals surface area contributed by atoms with Crippen LogP contribution in [0.5, 0.6) is 0 Å². The molecule has 0 atom stereocenters. The quantitative estimate of drug-likeness (QED) is 0.830. The maximum atomic E-state index is 12.1. The van der Waals surface area contributed by atoms with Gasteiger partial charge >= 0.3 is 11.7 Å². The normalized spacial score (nSPS) is 15.9. The van der Waals surface area contributed by atoms with Gasteiger partial charge < -0.3 is 5.11 Å². The minimum absolute atomic E-state index is 0.131. The van der Waals surface area contributed by atoms with Crippen molar-refractivity contribution in [3.8, 4) is 0 Å². The molecule has 0 fully saturated rings. The molecule has 2 heterocycles. The fraction of sp³-hybridized carbons (Fsp3) is 0.615. The molecule has 104 valence electrons. The number of hydrogen-bond acceptors (Lipinski definition) is 3. The van der Waals surface area contributed by atoms with E-state index in [1.807, 2.05) is 0 Å². The Morgan fingerprint density at radius 3 is 2.89 bits per heavy atom. The van der Waals surface area contributed by atoms with Gasteiger partial charge in [0.25, 0.3) is 0 Å². The molecule has 0 saturated carbocycles. The number of aromatic nitrogens is 3. The highest BCUT2D eigenvalue weighted by Crippen LogP contribution is 2.10. The summed E-state index contributed by atoms with van der Waals surface area (Å²) < 4.78 is 3.08. The molecule has 1 aromatic heterocycles. The lowest BCUT2D eigenvalue weighted by atomic mass is 10.2.